The fourth-order valence-electron chi connectivity index (χ4n) is 3.07. The second-order valence-corrected chi connectivity index (χ2v) is 7.35. The summed E-state index contributed by atoms with van der Waals surface area (Å²) in [5.41, 5.74) is 1.93. The van der Waals surface area contributed by atoms with E-state index in [1.54, 1.807) is 37.2 Å². The number of hydrogen-bond acceptors (Lipinski definition) is 7. The third kappa shape index (κ3) is 5.44. The van der Waals surface area contributed by atoms with Crippen molar-refractivity contribution in [3.63, 3.8) is 0 Å². The van der Waals surface area contributed by atoms with E-state index >= 15 is 0 Å². The highest BCUT2D eigenvalue weighted by atomic mass is 35.5. The van der Waals surface area contributed by atoms with E-state index in [1.165, 1.54) is 12.3 Å². The van der Waals surface area contributed by atoms with Crippen LogP contribution in [-0.2, 0) is 11.3 Å². The average Bonchev–Trinajstić information content (AvgIpc) is 3.10. The number of aryl methyl sites for hydroxylation is 1. The Labute approximate surface area is 179 Å². The average molecular weight is 435 g/mol. The molecule has 3 rings (SSSR count). The number of rotatable bonds is 9. The number of hydrogen-bond donors (Lipinski definition) is 3. The van der Waals surface area contributed by atoms with Gasteiger partial charge in [-0.15, -0.1) is 0 Å². The normalized spacial score (nSPS) is 13.1. The second kappa shape index (κ2) is 9.84. The van der Waals surface area contributed by atoms with Crippen molar-refractivity contribution < 1.29 is 14.2 Å². The van der Waals surface area contributed by atoms with Crippen LogP contribution in [0.4, 0.5) is 21.8 Å². The van der Waals surface area contributed by atoms with Crippen LogP contribution in [0.3, 0.4) is 0 Å². The minimum atomic E-state index is -0.514. The quantitative estimate of drug-likeness (QED) is 0.472. The van der Waals surface area contributed by atoms with Crippen LogP contribution in [0.1, 0.15) is 24.1 Å². The summed E-state index contributed by atoms with van der Waals surface area (Å²) >= 11 is 6.28. The standard InChI is InChI=1S/C20H24ClFN6O2/c1-12-5-4-6-16(22)18(12)17(11-30-3)26-19-15(21)8-23-20(27-19)25-14-7-24-28(10-14)9-13(2)29/h4-8,10,13,17,29H,9,11H2,1-3H3,(H2,23,25,26,27). The molecular formula is C20H24ClFN6O2. The third-order valence-electron chi connectivity index (χ3n) is 4.35. The molecule has 30 heavy (non-hydrogen) atoms. The fraction of sp³-hybridized carbons (Fsp3) is 0.350. The molecule has 0 saturated carbocycles. The first-order chi connectivity index (χ1) is 14.4. The van der Waals surface area contributed by atoms with Crippen LogP contribution in [0.2, 0.25) is 5.02 Å². The van der Waals surface area contributed by atoms with Gasteiger partial charge in [0.25, 0.3) is 0 Å². The maximum absolute atomic E-state index is 14.5. The summed E-state index contributed by atoms with van der Waals surface area (Å²) < 4.78 is 21.4. The van der Waals surface area contributed by atoms with Crippen LogP contribution in [-0.4, -0.2) is 44.7 Å². The molecule has 1 aromatic carbocycles. The minimum absolute atomic E-state index is 0.219. The molecule has 2 unspecified atom stereocenters. The first kappa shape index (κ1) is 21.9. The molecule has 0 aliphatic heterocycles. The lowest BCUT2D eigenvalue weighted by Crippen LogP contribution is -2.20. The van der Waals surface area contributed by atoms with E-state index in [2.05, 4.69) is 25.7 Å². The molecule has 2 atom stereocenters. The number of aliphatic hydroxyl groups excluding tert-OH is 1. The number of halogens is 2. The number of aliphatic hydroxyl groups is 1. The van der Waals surface area contributed by atoms with Crippen molar-refractivity contribution in [1.29, 1.82) is 0 Å². The van der Waals surface area contributed by atoms with E-state index in [0.29, 0.717) is 34.6 Å². The predicted molar refractivity (Wildman–Crippen MR) is 114 cm³/mol. The zero-order chi connectivity index (χ0) is 21.7. The number of nitrogens with one attached hydrogen (secondary N) is 2. The lowest BCUT2D eigenvalue weighted by Gasteiger charge is -2.22. The van der Waals surface area contributed by atoms with Crippen molar-refractivity contribution in [1.82, 2.24) is 19.7 Å². The van der Waals surface area contributed by atoms with Gasteiger partial charge in [-0.05, 0) is 25.5 Å². The summed E-state index contributed by atoms with van der Waals surface area (Å²) in [5, 5.41) is 20.1. The molecule has 2 aromatic heterocycles. The highest BCUT2D eigenvalue weighted by Gasteiger charge is 2.20. The van der Waals surface area contributed by atoms with Crippen LogP contribution in [0.5, 0.6) is 0 Å². The topological polar surface area (TPSA) is 97.1 Å². The smallest absolute Gasteiger partial charge is 0.229 e. The van der Waals surface area contributed by atoms with Crippen LogP contribution in [0, 0.1) is 12.7 Å². The number of ether oxygens (including phenoxy) is 1. The van der Waals surface area contributed by atoms with Crippen molar-refractivity contribution in [2.24, 2.45) is 0 Å². The molecule has 0 fully saturated rings. The highest BCUT2D eigenvalue weighted by Crippen LogP contribution is 2.29. The van der Waals surface area contributed by atoms with Gasteiger partial charge in [0.2, 0.25) is 5.95 Å². The van der Waals surface area contributed by atoms with E-state index in [1.807, 2.05) is 13.0 Å². The molecule has 3 N–H and O–H groups in total. The van der Waals surface area contributed by atoms with Gasteiger partial charge in [-0.2, -0.15) is 10.1 Å². The molecule has 0 bridgehead atoms. The first-order valence-corrected chi connectivity index (χ1v) is 9.75. The highest BCUT2D eigenvalue weighted by molar-refractivity contribution is 6.32. The number of benzene rings is 1. The van der Waals surface area contributed by atoms with Crippen LogP contribution >= 0.6 is 11.6 Å². The molecule has 2 heterocycles. The molecular weight excluding hydrogens is 411 g/mol. The van der Waals surface area contributed by atoms with Crippen LogP contribution in [0.15, 0.2) is 36.8 Å². The summed E-state index contributed by atoms with van der Waals surface area (Å²) in [7, 11) is 1.55. The Balaban J connectivity index is 1.82. The molecule has 8 nitrogen and oxygen atoms in total. The molecule has 0 radical (unpaired) electrons. The van der Waals surface area contributed by atoms with Crippen LogP contribution < -0.4 is 10.6 Å². The molecule has 3 aromatic rings. The lowest BCUT2D eigenvalue weighted by molar-refractivity contribution is 0.168. The monoisotopic (exact) mass is 434 g/mol. The van der Waals surface area contributed by atoms with Gasteiger partial charge < -0.3 is 20.5 Å². The van der Waals surface area contributed by atoms with Crippen molar-refractivity contribution in [3.8, 4) is 0 Å². The van der Waals surface area contributed by atoms with Gasteiger partial charge in [0.15, 0.2) is 5.82 Å². The van der Waals surface area contributed by atoms with Gasteiger partial charge in [0.1, 0.15) is 10.8 Å². The fourth-order valence-corrected chi connectivity index (χ4v) is 3.22. The number of aromatic nitrogens is 4. The summed E-state index contributed by atoms with van der Waals surface area (Å²) in [6, 6.07) is 4.41. The van der Waals surface area contributed by atoms with Gasteiger partial charge >= 0.3 is 0 Å². The largest absolute Gasteiger partial charge is 0.391 e. The maximum atomic E-state index is 14.5. The van der Waals surface area contributed by atoms with E-state index < -0.39 is 12.1 Å². The molecule has 0 aliphatic carbocycles. The predicted octanol–water partition coefficient (Wildman–Crippen LogP) is 3.70. The zero-order valence-corrected chi connectivity index (χ0v) is 17.7. The Bertz CT molecular complexity index is 977. The molecule has 160 valence electrons. The Morgan fingerprint density at radius 3 is 2.83 bits per heavy atom. The van der Waals surface area contributed by atoms with E-state index in [9.17, 15) is 9.50 Å². The van der Waals surface area contributed by atoms with E-state index in [0.717, 1.165) is 5.56 Å². The zero-order valence-electron chi connectivity index (χ0n) is 16.9. The van der Waals surface area contributed by atoms with Gasteiger partial charge in [-0.25, -0.2) is 9.37 Å². The first-order valence-electron chi connectivity index (χ1n) is 9.38. The minimum Gasteiger partial charge on any atom is -0.391 e. The summed E-state index contributed by atoms with van der Waals surface area (Å²) in [4.78, 5) is 8.59. The number of methoxy groups -OCH3 is 1. The molecule has 0 saturated heterocycles. The molecule has 0 aliphatic rings. The number of nitrogens with zero attached hydrogens (tertiary/aromatic N) is 4. The van der Waals surface area contributed by atoms with Gasteiger partial charge in [0, 0.05) is 18.9 Å². The Kier molecular flexibility index (Phi) is 7.20. The van der Waals surface area contributed by atoms with E-state index in [-0.39, 0.29) is 12.4 Å². The van der Waals surface area contributed by atoms with Crippen molar-refractivity contribution in [3.05, 3.63) is 58.8 Å². The van der Waals surface area contributed by atoms with Gasteiger partial charge in [-0.3, -0.25) is 4.68 Å². The lowest BCUT2D eigenvalue weighted by atomic mass is 10.0. The third-order valence-corrected chi connectivity index (χ3v) is 4.63. The number of anilines is 3. The van der Waals surface area contributed by atoms with Crippen molar-refractivity contribution >= 4 is 29.1 Å². The molecule has 0 amide bonds. The Morgan fingerprint density at radius 2 is 2.13 bits per heavy atom. The van der Waals surface area contributed by atoms with E-state index in [4.69, 9.17) is 16.3 Å². The summed E-state index contributed by atoms with van der Waals surface area (Å²) in [6.07, 6.45) is 4.27. The Hall–Kier alpha value is -2.75. The summed E-state index contributed by atoms with van der Waals surface area (Å²) in [6.45, 7) is 4.11. The molecule has 10 heteroatoms. The SMILES string of the molecule is COCC(Nc1nc(Nc2cnn(CC(C)O)c2)ncc1Cl)c1c(C)cccc1F. The summed E-state index contributed by atoms with van der Waals surface area (Å²) in [5.74, 6) is 0.300. The van der Waals surface area contributed by atoms with Crippen molar-refractivity contribution in [2.45, 2.75) is 32.5 Å². The van der Waals surface area contributed by atoms with Crippen molar-refractivity contribution in [2.75, 3.05) is 24.4 Å². The molecule has 0 spiro atoms. The Morgan fingerprint density at radius 1 is 1.33 bits per heavy atom. The van der Waals surface area contributed by atoms with Gasteiger partial charge in [-0.1, -0.05) is 23.7 Å². The van der Waals surface area contributed by atoms with Gasteiger partial charge in [0.05, 0.1) is 43.4 Å². The van der Waals surface area contributed by atoms with Crippen LogP contribution in [0.25, 0.3) is 0 Å². The maximum Gasteiger partial charge on any atom is 0.229 e. The second-order valence-electron chi connectivity index (χ2n) is 6.94.